The average Bonchev–Trinajstić information content (AvgIpc) is 4.09. The van der Waals surface area contributed by atoms with Crippen molar-refractivity contribution in [1.82, 2.24) is 4.57 Å². The van der Waals surface area contributed by atoms with Crippen molar-refractivity contribution in [2.45, 2.75) is 6.42 Å². The molecule has 2 atom stereocenters. The molecule has 1 fully saturated rings. The summed E-state index contributed by atoms with van der Waals surface area (Å²) in [5.41, 5.74) is 19.6. The molecule has 0 bridgehead atoms. The zero-order valence-corrected chi connectivity index (χ0v) is 34.9. The van der Waals surface area contributed by atoms with Gasteiger partial charge in [0, 0.05) is 45.0 Å². The second kappa shape index (κ2) is 15.5. The fraction of sp³-hybridized carbons (Fsp3) is 0.0492. The Morgan fingerprint density at radius 1 is 0.365 bits per heavy atom. The molecule has 1 saturated carbocycles. The number of hydrogen-bond donors (Lipinski definition) is 0. The molecule has 12 rings (SSSR count). The molecule has 1 heterocycles. The highest BCUT2D eigenvalue weighted by molar-refractivity contribution is 6.17. The van der Waals surface area contributed by atoms with Crippen molar-refractivity contribution in [3.63, 3.8) is 0 Å². The molecule has 1 aromatic heterocycles. The lowest BCUT2D eigenvalue weighted by atomic mass is 9.94. The van der Waals surface area contributed by atoms with E-state index in [9.17, 15) is 0 Å². The van der Waals surface area contributed by atoms with Crippen LogP contribution >= 0.6 is 0 Å². The van der Waals surface area contributed by atoms with Crippen LogP contribution in [-0.4, -0.2) is 4.57 Å². The number of benzene rings is 9. The predicted molar refractivity (Wildman–Crippen MR) is 266 cm³/mol. The molecule has 298 valence electrons. The molecule has 9 aromatic carbocycles. The zero-order chi connectivity index (χ0) is 41.7. The zero-order valence-electron chi connectivity index (χ0n) is 34.9. The second-order valence-electron chi connectivity index (χ2n) is 16.9. The van der Waals surface area contributed by atoms with Crippen LogP contribution in [0.5, 0.6) is 0 Å². The third kappa shape index (κ3) is 6.68. The van der Waals surface area contributed by atoms with E-state index in [1.165, 1.54) is 89.6 Å². The van der Waals surface area contributed by atoms with Gasteiger partial charge in [-0.3, -0.25) is 0 Å². The molecule has 2 aliphatic rings. The molecule has 10 aromatic rings. The molecule has 0 aliphatic heterocycles. The fourth-order valence-corrected chi connectivity index (χ4v) is 9.87. The highest BCUT2D eigenvalue weighted by Gasteiger charge is 2.43. The molecule has 0 N–H and O–H groups in total. The minimum absolute atomic E-state index is 0.503. The maximum Gasteiger partial charge on any atom is 0.0544 e. The number of rotatable bonds is 9. The van der Waals surface area contributed by atoms with Gasteiger partial charge in [-0.25, -0.2) is 0 Å². The first kappa shape index (κ1) is 36.9. The Hall–Kier alpha value is -7.94. The van der Waals surface area contributed by atoms with Gasteiger partial charge in [-0.1, -0.05) is 194 Å². The molecule has 0 saturated heterocycles. The third-order valence-electron chi connectivity index (χ3n) is 13.1. The summed E-state index contributed by atoms with van der Waals surface area (Å²) >= 11 is 0. The van der Waals surface area contributed by atoms with Crippen molar-refractivity contribution in [1.29, 1.82) is 0 Å². The molecule has 2 heteroatoms. The second-order valence-corrected chi connectivity index (χ2v) is 16.9. The van der Waals surface area contributed by atoms with Gasteiger partial charge in [0.25, 0.3) is 0 Å². The van der Waals surface area contributed by atoms with Crippen molar-refractivity contribution < 1.29 is 0 Å². The number of allylic oxidation sites excluding steroid dienone is 4. The molecule has 63 heavy (non-hydrogen) atoms. The van der Waals surface area contributed by atoms with Crippen LogP contribution in [-0.2, 0) is 0 Å². The Kier molecular flexibility index (Phi) is 9.08. The fourth-order valence-electron chi connectivity index (χ4n) is 9.87. The standard InChI is InChI=1S/C61H44N2/c1-4-13-42(14-5-1)45-27-34-51(35-28-45)62(52-36-29-46(30-37-52)43-15-6-2-7-16-43)53-38-31-47(32-39-53)44-23-25-49(26-24-44)55-40-33-50-41-57(50)61(55)63-58-21-11-10-19-56(58)60-54(20-12-22-59(60)63)48-17-8-3-9-18-48/h1-40,50,57H,41H2. The van der Waals surface area contributed by atoms with Gasteiger partial charge in [0.1, 0.15) is 0 Å². The highest BCUT2D eigenvalue weighted by Crippen LogP contribution is 2.55. The van der Waals surface area contributed by atoms with Gasteiger partial charge < -0.3 is 9.47 Å². The van der Waals surface area contributed by atoms with E-state index in [1.54, 1.807) is 0 Å². The van der Waals surface area contributed by atoms with E-state index in [-0.39, 0.29) is 0 Å². The summed E-state index contributed by atoms with van der Waals surface area (Å²) in [6.45, 7) is 0. The van der Waals surface area contributed by atoms with Gasteiger partial charge >= 0.3 is 0 Å². The summed E-state index contributed by atoms with van der Waals surface area (Å²) in [6.07, 6.45) is 6.02. The van der Waals surface area contributed by atoms with Crippen molar-refractivity contribution in [3.05, 3.63) is 248 Å². The predicted octanol–water partition coefficient (Wildman–Crippen LogP) is 16.5. The van der Waals surface area contributed by atoms with E-state index < -0.39 is 0 Å². The van der Waals surface area contributed by atoms with Crippen molar-refractivity contribution in [2.75, 3.05) is 4.90 Å². The van der Waals surface area contributed by atoms with Crippen molar-refractivity contribution in [3.8, 4) is 44.5 Å². The number of anilines is 3. The smallest absolute Gasteiger partial charge is 0.0544 e. The average molecular weight is 805 g/mol. The Balaban J connectivity index is 0.896. The quantitative estimate of drug-likeness (QED) is 0.141. The summed E-state index contributed by atoms with van der Waals surface area (Å²) in [4.78, 5) is 2.35. The van der Waals surface area contributed by atoms with E-state index in [2.05, 4.69) is 252 Å². The summed E-state index contributed by atoms with van der Waals surface area (Å²) < 4.78 is 2.59. The Labute approximate surface area is 369 Å². The molecule has 0 radical (unpaired) electrons. The van der Waals surface area contributed by atoms with Crippen LogP contribution in [0.1, 0.15) is 12.0 Å². The molecule has 2 unspecified atom stereocenters. The number of nitrogens with zero attached hydrogens (tertiary/aromatic N) is 2. The van der Waals surface area contributed by atoms with Crippen LogP contribution in [0.25, 0.3) is 77.6 Å². The van der Waals surface area contributed by atoms with E-state index in [0.717, 1.165) is 17.1 Å². The highest BCUT2D eigenvalue weighted by atomic mass is 15.1. The molecule has 2 nitrogen and oxygen atoms in total. The van der Waals surface area contributed by atoms with Gasteiger partial charge in [-0.15, -0.1) is 0 Å². The minimum Gasteiger partial charge on any atom is -0.312 e. The topological polar surface area (TPSA) is 8.17 Å². The number of aromatic nitrogens is 1. The van der Waals surface area contributed by atoms with E-state index in [1.807, 2.05) is 0 Å². The Morgan fingerprint density at radius 2 is 0.794 bits per heavy atom. The van der Waals surface area contributed by atoms with Crippen LogP contribution in [0.3, 0.4) is 0 Å². The molecule has 0 spiro atoms. The summed E-state index contributed by atoms with van der Waals surface area (Å²) in [5.74, 6) is 1.10. The SMILES string of the molecule is C1=CC2CC2C(n2c3ccccc3c3c(-c4ccccc4)cccc32)=C1c1ccc(-c2ccc(N(c3ccc(-c4ccccc4)cc3)c3ccc(-c4ccccc4)cc3)cc2)cc1. The number of fused-ring (bicyclic) bond motifs is 4. The third-order valence-corrected chi connectivity index (χ3v) is 13.1. The van der Waals surface area contributed by atoms with E-state index >= 15 is 0 Å². The van der Waals surface area contributed by atoms with Gasteiger partial charge in [-0.05, 0) is 111 Å². The van der Waals surface area contributed by atoms with Crippen LogP contribution in [0, 0.1) is 11.8 Å². The maximum atomic E-state index is 2.59. The van der Waals surface area contributed by atoms with Gasteiger partial charge in [0.2, 0.25) is 0 Å². The van der Waals surface area contributed by atoms with Crippen molar-refractivity contribution >= 4 is 50.1 Å². The van der Waals surface area contributed by atoms with Gasteiger partial charge in [0.05, 0.1) is 11.0 Å². The Bertz CT molecular complexity index is 3220. The normalized spacial score (nSPS) is 15.4. The monoisotopic (exact) mass is 804 g/mol. The van der Waals surface area contributed by atoms with E-state index in [0.29, 0.717) is 11.8 Å². The lowest BCUT2D eigenvalue weighted by molar-refractivity contribution is 0.940. The molecule has 2 aliphatic carbocycles. The van der Waals surface area contributed by atoms with Crippen LogP contribution in [0.15, 0.2) is 243 Å². The number of para-hydroxylation sites is 1. The lowest BCUT2D eigenvalue weighted by Gasteiger charge is -2.26. The first-order valence-corrected chi connectivity index (χ1v) is 22.1. The Morgan fingerprint density at radius 3 is 1.33 bits per heavy atom. The lowest BCUT2D eigenvalue weighted by Crippen LogP contribution is -2.09. The molecular weight excluding hydrogens is 761 g/mol. The first-order valence-electron chi connectivity index (χ1n) is 22.1. The summed E-state index contributed by atoms with van der Waals surface area (Å²) in [7, 11) is 0. The molecular formula is C61H44N2. The summed E-state index contributed by atoms with van der Waals surface area (Å²) in [5, 5.41) is 2.62. The number of hydrogen-bond acceptors (Lipinski definition) is 1. The van der Waals surface area contributed by atoms with Crippen LogP contribution in [0.2, 0.25) is 0 Å². The molecule has 0 amide bonds. The van der Waals surface area contributed by atoms with Gasteiger partial charge in [-0.2, -0.15) is 0 Å². The van der Waals surface area contributed by atoms with Crippen molar-refractivity contribution in [2.24, 2.45) is 11.8 Å². The maximum absolute atomic E-state index is 2.59. The first-order chi connectivity index (χ1) is 31.2. The largest absolute Gasteiger partial charge is 0.312 e. The van der Waals surface area contributed by atoms with Crippen LogP contribution < -0.4 is 4.90 Å². The van der Waals surface area contributed by atoms with Crippen LogP contribution in [0.4, 0.5) is 17.1 Å². The van der Waals surface area contributed by atoms with E-state index in [4.69, 9.17) is 0 Å². The minimum atomic E-state index is 0.503. The summed E-state index contributed by atoms with van der Waals surface area (Å²) in [6, 6.07) is 83.9. The van der Waals surface area contributed by atoms with Gasteiger partial charge in [0.15, 0.2) is 0 Å².